The lowest BCUT2D eigenvalue weighted by Gasteiger charge is -2.05. The highest BCUT2D eigenvalue weighted by molar-refractivity contribution is 5.93. The number of nitrogens with zero attached hydrogens (tertiary/aromatic N) is 1. The third-order valence-electron chi connectivity index (χ3n) is 5.04. The minimum atomic E-state index is -0.104. The van der Waals surface area contributed by atoms with E-state index >= 15 is 0 Å². The predicted octanol–water partition coefficient (Wildman–Crippen LogP) is 5.79. The Labute approximate surface area is 217 Å². The second-order valence-electron chi connectivity index (χ2n) is 7.84. The molecule has 1 amide bonds. The third kappa shape index (κ3) is 9.41. The van der Waals surface area contributed by atoms with Gasteiger partial charge in [-0.1, -0.05) is 60.7 Å². The molecule has 0 fully saturated rings. The summed E-state index contributed by atoms with van der Waals surface area (Å²) in [4.78, 5) is 14.7. The molecule has 0 aliphatic heterocycles. The van der Waals surface area contributed by atoms with Gasteiger partial charge in [0.05, 0.1) is 19.8 Å². The highest BCUT2D eigenvalue weighted by Crippen LogP contribution is 2.28. The van der Waals surface area contributed by atoms with Crippen LogP contribution in [0.5, 0.6) is 23.0 Å². The van der Waals surface area contributed by atoms with E-state index in [9.17, 15) is 15.0 Å². The number of rotatable bonds is 9. The smallest absolute Gasteiger partial charge is 0.252 e. The molecular formula is C30H32N2O5. The van der Waals surface area contributed by atoms with E-state index in [4.69, 9.17) is 9.47 Å². The van der Waals surface area contributed by atoms with Crippen molar-refractivity contribution >= 4 is 18.1 Å². The minimum absolute atomic E-state index is 0.104. The summed E-state index contributed by atoms with van der Waals surface area (Å²) >= 11 is 0. The van der Waals surface area contributed by atoms with Gasteiger partial charge in [-0.2, -0.15) is 0 Å². The Kier molecular flexibility index (Phi) is 11.2. The zero-order chi connectivity index (χ0) is 27.2. The standard InChI is InChI=1S/C23H24O4.C7H8N2O/c1-16(5-7-18-9-11-20(24)22(14-18)26-3)13-17(2)6-8-19-10-12-21(25)23(15-19)27-4;1-8-7(10)6-3-2-4-9-5-6/h5-12,14-15,24-25H,1-2,13H2,3-4H3;2-5H,1H3,(H,8,10)/b7-5+,8-6+;. The molecule has 3 aromatic rings. The molecule has 1 heterocycles. The van der Waals surface area contributed by atoms with E-state index in [1.165, 1.54) is 20.4 Å². The number of hydrogen-bond donors (Lipinski definition) is 3. The molecular weight excluding hydrogens is 468 g/mol. The lowest BCUT2D eigenvalue weighted by molar-refractivity contribution is 0.0962. The Bertz CT molecular complexity index is 1210. The normalized spacial score (nSPS) is 10.5. The number of phenols is 2. The number of aromatic nitrogens is 1. The van der Waals surface area contributed by atoms with Gasteiger partial charge in [0.15, 0.2) is 23.0 Å². The SMILES string of the molecule is C=C(/C=C/c1ccc(O)c(OC)c1)CC(=C)/C=C/c1ccc(O)c(OC)c1.CNC(=O)c1cccnc1. The summed E-state index contributed by atoms with van der Waals surface area (Å²) in [5, 5.41) is 21.8. The number of aromatic hydroxyl groups is 2. The summed E-state index contributed by atoms with van der Waals surface area (Å²) < 4.78 is 10.2. The van der Waals surface area contributed by atoms with E-state index < -0.39 is 0 Å². The minimum Gasteiger partial charge on any atom is -0.504 e. The molecule has 0 saturated heterocycles. The molecule has 3 rings (SSSR count). The van der Waals surface area contributed by atoms with Crippen molar-refractivity contribution in [2.45, 2.75) is 6.42 Å². The van der Waals surface area contributed by atoms with E-state index in [1.807, 2.05) is 24.3 Å². The number of pyridine rings is 1. The summed E-state index contributed by atoms with van der Waals surface area (Å²) in [7, 11) is 4.62. The first-order valence-electron chi connectivity index (χ1n) is 11.3. The molecule has 0 saturated carbocycles. The first kappa shape index (κ1) is 28.5. The van der Waals surface area contributed by atoms with E-state index in [1.54, 1.807) is 61.8 Å². The quantitative estimate of drug-likeness (QED) is 0.322. The zero-order valence-corrected chi connectivity index (χ0v) is 21.3. The van der Waals surface area contributed by atoms with Gasteiger partial charge in [0.2, 0.25) is 0 Å². The number of amides is 1. The first-order chi connectivity index (χ1) is 17.8. The van der Waals surface area contributed by atoms with Crippen LogP contribution in [0.3, 0.4) is 0 Å². The number of benzene rings is 2. The Morgan fingerprint density at radius 2 is 1.43 bits per heavy atom. The number of phenolic OH excluding ortho intramolecular Hbond substituents is 2. The maximum atomic E-state index is 10.9. The maximum Gasteiger partial charge on any atom is 0.252 e. The highest BCUT2D eigenvalue weighted by Gasteiger charge is 2.02. The molecule has 0 atom stereocenters. The molecule has 0 aliphatic carbocycles. The maximum absolute atomic E-state index is 10.9. The Morgan fingerprint density at radius 1 is 0.919 bits per heavy atom. The fourth-order valence-electron chi connectivity index (χ4n) is 3.07. The Hall–Kier alpha value is -4.78. The van der Waals surface area contributed by atoms with Gasteiger partial charge in [-0.25, -0.2) is 0 Å². The largest absolute Gasteiger partial charge is 0.504 e. The summed E-state index contributed by atoms with van der Waals surface area (Å²) in [6, 6.07) is 13.7. The van der Waals surface area contributed by atoms with Crippen molar-refractivity contribution < 1.29 is 24.5 Å². The number of carbonyl (C=O) groups excluding carboxylic acids is 1. The summed E-state index contributed by atoms with van der Waals surface area (Å²) in [5.41, 5.74) is 4.20. The average Bonchev–Trinajstić information content (AvgIpc) is 2.92. The van der Waals surface area contributed by atoms with Gasteiger partial charge in [0.25, 0.3) is 5.91 Å². The molecule has 2 aromatic carbocycles. The van der Waals surface area contributed by atoms with Crippen LogP contribution < -0.4 is 14.8 Å². The molecule has 0 unspecified atom stereocenters. The van der Waals surface area contributed by atoms with Crippen LogP contribution in [0.2, 0.25) is 0 Å². The Balaban J connectivity index is 0.000000402. The molecule has 0 aliphatic rings. The lowest BCUT2D eigenvalue weighted by atomic mass is 10.0. The van der Waals surface area contributed by atoms with Gasteiger partial charge in [0, 0.05) is 19.4 Å². The predicted molar refractivity (Wildman–Crippen MR) is 148 cm³/mol. The topological polar surface area (TPSA) is 101 Å². The number of allylic oxidation sites excluding steroid dienone is 4. The number of ether oxygens (including phenoxy) is 2. The Morgan fingerprint density at radius 3 is 1.84 bits per heavy atom. The average molecular weight is 501 g/mol. The summed E-state index contributed by atoms with van der Waals surface area (Å²) in [5.74, 6) is 0.975. The van der Waals surface area contributed by atoms with Crippen LogP contribution in [0.15, 0.2) is 97.4 Å². The number of hydrogen-bond acceptors (Lipinski definition) is 6. The molecule has 7 nitrogen and oxygen atoms in total. The number of carbonyl (C=O) groups is 1. The lowest BCUT2D eigenvalue weighted by Crippen LogP contribution is -2.17. The van der Waals surface area contributed by atoms with Crippen molar-refractivity contribution in [3.8, 4) is 23.0 Å². The molecule has 192 valence electrons. The van der Waals surface area contributed by atoms with Crippen molar-refractivity contribution in [1.29, 1.82) is 0 Å². The van der Waals surface area contributed by atoms with Gasteiger partial charge in [0.1, 0.15) is 0 Å². The van der Waals surface area contributed by atoms with E-state index in [2.05, 4.69) is 23.5 Å². The second-order valence-corrected chi connectivity index (χ2v) is 7.84. The van der Waals surface area contributed by atoms with Crippen LogP contribution in [-0.2, 0) is 0 Å². The van der Waals surface area contributed by atoms with E-state index in [-0.39, 0.29) is 17.4 Å². The zero-order valence-electron chi connectivity index (χ0n) is 21.3. The van der Waals surface area contributed by atoms with Crippen LogP contribution in [0, 0.1) is 0 Å². The van der Waals surface area contributed by atoms with Crippen LogP contribution >= 0.6 is 0 Å². The molecule has 3 N–H and O–H groups in total. The van der Waals surface area contributed by atoms with Gasteiger partial charge in [-0.05, 0) is 53.9 Å². The monoisotopic (exact) mass is 500 g/mol. The second kappa shape index (κ2) is 14.6. The first-order valence-corrected chi connectivity index (χ1v) is 11.3. The number of methoxy groups -OCH3 is 2. The van der Waals surface area contributed by atoms with E-state index in [0.29, 0.717) is 23.5 Å². The van der Waals surface area contributed by atoms with Crippen LogP contribution in [0.4, 0.5) is 0 Å². The van der Waals surface area contributed by atoms with E-state index in [0.717, 1.165) is 22.3 Å². The molecule has 7 heteroatoms. The fourth-order valence-corrected chi connectivity index (χ4v) is 3.07. The molecule has 1 aromatic heterocycles. The molecule has 0 spiro atoms. The van der Waals surface area contributed by atoms with Crippen molar-refractivity contribution in [1.82, 2.24) is 10.3 Å². The molecule has 0 radical (unpaired) electrons. The highest BCUT2D eigenvalue weighted by atomic mass is 16.5. The van der Waals surface area contributed by atoms with Crippen LogP contribution in [0.25, 0.3) is 12.2 Å². The van der Waals surface area contributed by atoms with Gasteiger partial charge >= 0.3 is 0 Å². The third-order valence-corrected chi connectivity index (χ3v) is 5.04. The van der Waals surface area contributed by atoms with Crippen molar-refractivity contribution in [2.75, 3.05) is 21.3 Å². The van der Waals surface area contributed by atoms with Crippen molar-refractivity contribution in [3.63, 3.8) is 0 Å². The molecule has 0 bridgehead atoms. The van der Waals surface area contributed by atoms with Crippen LogP contribution in [0.1, 0.15) is 27.9 Å². The van der Waals surface area contributed by atoms with Crippen LogP contribution in [-0.4, -0.2) is 42.4 Å². The van der Waals surface area contributed by atoms with Gasteiger partial charge < -0.3 is 25.0 Å². The number of nitrogens with one attached hydrogen (secondary N) is 1. The van der Waals surface area contributed by atoms with Gasteiger partial charge in [-0.15, -0.1) is 0 Å². The van der Waals surface area contributed by atoms with Crippen molar-refractivity contribution in [2.24, 2.45) is 0 Å². The fraction of sp³-hybridized carbons (Fsp3) is 0.133. The summed E-state index contributed by atoms with van der Waals surface area (Å²) in [6.45, 7) is 8.10. The summed E-state index contributed by atoms with van der Waals surface area (Å²) in [6.07, 6.45) is 11.4. The molecule has 37 heavy (non-hydrogen) atoms. The van der Waals surface area contributed by atoms with Crippen molar-refractivity contribution in [3.05, 3.63) is 114 Å². The van der Waals surface area contributed by atoms with Gasteiger partial charge in [-0.3, -0.25) is 9.78 Å².